The SMILES string of the molecule is COc1cc([C@@H](Nc2ccc(C(=N)N)cc2)C(=O)NCCc2ccccc2)ccc1OCc1ccccc1. The van der Waals surface area contributed by atoms with E-state index in [4.69, 9.17) is 20.6 Å². The fraction of sp³-hybridized carbons (Fsp3) is 0.161. The monoisotopic (exact) mass is 508 g/mol. The molecule has 0 aliphatic heterocycles. The van der Waals surface area contributed by atoms with E-state index in [-0.39, 0.29) is 11.7 Å². The Bertz CT molecular complexity index is 1340. The number of benzene rings is 4. The Hall–Kier alpha value is -4.78. The molecule has 4 rings (SSSR count). The highest BCUT2D eigenvalue weighted by molar-refractivity contribution is 5.95. The van der Waals surface area contributed by atoms with Crippen LogP contribution in [0.15, 0.2) is 103 Å². The second-order valence-electron chi connectivity index (χ2n) is 8.78. The van der Waals surface area contributed by atoms with E-state index in [0.29, 0.717) is 30.2 Å². The molecule has 0 saturated heterocycles. The molecule has 0 radical (unpaired) electrons. The molecule has 38 heavy (non-hydrogen) atoms. The second kappa shape index (κ2) is 13.0. The van der Waals surface area contributed by atoms with Gasteiger partial charge in [0.1, 0.15) is 18.5 Å². The van der Waals surface area contributed by atoms with Crippen molar-refractivity contribution >= 4 is 17.4 Å². The maximum atomic E-state index is 13.4. The third kappa shape index (κ3) is 7.13. The van der Waals surface area contributed by atoms with Crippen molar-refractivity contribution in [3.63, 3.8) is 0 Å². The number of rotatable bonds is 12. The number of carbonyl (C=O) groups excluding carboxylic acids is 1. The Morgan fingerprint density at radius 1 is 0.868 bits per heavy atom. The van der Waals surface area contributed by atoms with Crippen LogP contribution in [0.2, 0.25) is 0 Å². The number of hydrogen-bond donors (Lipinski definition) is 4. The first-order valence-electron chi connectivity index (χ1n) is 12.4. The van der Waals surface area contributed by atoms with E-state index in [1.807, 2.05) is 78.9 Å². The number of nitrogens with one attached hydrogen (secondary N) is 3. The third-order valence-electron chi connectivity index (χ3n) is 6.08. The summed E-state index contributed by atoms with van der Waals surface area (Å²) < 4.78 is 11.6. The maximum Gasteiger partial charge on any atom is 0.247 e. The number of amides is 1. The summed E-state index contributed by atoms with van der Waals surface area (Å²) >= 11 is 0. The minimum Gasteiger partial charge on any atom is -0.493 e. The van der Waals surface area contributed by atoms with E-state index >= 15 is 0 Å². The number of nitrogen functional groups attached to an aromatic ring is 1. The minimum absolute atomic E-state index is 0.0115. The summed E-state index contributed by atoms with van der Waals surface area (Å²) in [6, 6.07) is 31.8. The van der Waals surface area contributed by atoms with Gasteiger partial charge in [0.2, 0.25) is 5.91 Å². The molecule has 1 amide bonds. The third-order valence-corrected chi connectivity index (χ3v) is 6.08. The van der Waals surface area contributed by atoms with E-state index in [1.165, 1.54) is 0 Å². The number of anilines is 1. The Morgan fingerprint density at radius 2 is 1.53 bits per heavy atom. The highest BCUT2D eigenvalue weighted by Crippen LogP contribution is 2.32. The fourth-order valence-corrected chi connectivity index (χ4v) is 4.01. The largest absolute Gasteiger partial charge is 0.493 e. The van der Waals surface area contributed by atoms with Gasteiger partial charge in [-0.2, -0.15) is 0 Å². The van der Waals surface area contributed by atoms with Crippen LogP contribution in [-0.2, 0) is 17.8 Å². The molecule has 0 aliphatic rings. The van der Waals surface area contributed by atoms with Gasteiger partial charge in [0, 0.05) is 17.8 Å². The molecule has 4 aromatic rings. The Kier molecular flexibility index (Phi) is 8.97. The predicted octanol–water partition coefficient (Wildman–Crippen LogP) is 5.07. The smallest absolute Gasteiger partial charge is 0.247 e. The number of nitrogens with two attached hydrogens (primary N) is 1. The lowest BCUT2D eigenvalue weighted by Gasteiger charge is -2.22. The molecule has 0 spiro atoms. The first kappa shape index (κ1) is 26.3. The molecule has 5 N–H and O–H groups in total. The van der Waals surface area contributed by atoms with E-state index in [2.05, 4.69) is 10.6 Å². The number of methoxy groups -OCH3 is 1. The van der Waals surface area contributed by atoms with Crippen molar-refractivity contribution in [1.29, 1.82) is 5.41 Å². The first-order valence-corrected chi connectivity index (χ1v) is 12.4. The molecular weight excluding hydrogens is 476 g/mol. The molecule has 4 aromatic carbocycles. The summed E-state index contributed by atoms with van der Waals surface area (Å²) in [6.07, 6.45) is 0.724. The van der Waals surface area contributed by atoms with Gasteiger partial charge >= 0.3 is 0 Å². The van der Waals surface area contributed by atoms with Crippen LogP contribution in [0.5, 0.6) is 11.5 Å². The average molecular weight is 509 g/mol. The zero-order chi connectivity index (χ0) is 26.7. The standard InChI is InChI=1S/C31H32N4O3/c1-37-28-20-25(14-17-27(28)38-21-23-10-6-3-7-11-23)29(35-26-15-12-24(13-16-26)30(32)33)31(36)34-19-18-22-8-4-2-5-9-22/h2-17,20,29,35H,18-19,21H2,1H3,(H3,32,33)(H,34,36)/t29-/m1/s1. The van der Waals surface area contributed by atoms with Crippen molar-refractivity contribution in [3.8, 4) is 11.5 Å². The molecule has 0 bridgehead atoms. The van der Waals surface area contributed by atoms with Crippen LogP contribution in [0, 0.1) is 5.41 Å². The number of amidine groups is 1. The van der Waals surface area contributed by atoms with Gasteiger partial charge in [-0.15, -0.1) is 0 Å². The van der Waals surface area contributed by atoms with Gasteiger partial charge in [-0.25, -0.2) is 0 Å². The topological polar surface area (TPSA) is 109 Å². The Balaban J connectivity index is 1.53. The first-order chi connectivity index (χ1) is 18.5. The van der Waals surface area contributed by atoms with Crippen molar-refractivity contribution < 1.29 is 14.3 Å². The number of ether oxygens (including phenoxy) is 2. The summed E-state index contributed by atoms with van der Waals surface area (Å²) in [7, 11) is 1.58. The molecule has 0 aliphatic carbocycles. The summed E-state index contributed by atoms with van der Waals surface area (Å²) in [4.78, 5) is 13.4. The molecule has 7 heteroatoms. The molecule has 194 valence electrons. The van der Waals surface area contributed by atoms with Gasteiger partial charge in [0.15, 0.2) is 11.5 Å². The summed E-state index contributed by atoms with van der Waals surface area (Å²) in [5.74, 6) is 0.947. The maximum absolute atomic E-state index is 13.4. The van der Waals surface area contributed by atoms with E-state index in [9.17, 15) is 4.79 Å². The normalized spacial score (nSPS) is 11.3. The van der Waals surface area contributed by atoms with Crippen LogP contribution in [0.4, 0.5) is 5.69 Å². The quantitative estimate of drug-likeness (QED) is 0.158. The van der Waals surface area contributed by atoms with Crippen LogP contribution in [0.1, 0.15) is 28.3 Å². The van der Waals surface area contributed by atoms with E-state index in [1.54, 1.807) is 31.4 Å². The van der Waals surface area contributed by atoms with Gasteiger partial charge in [-0.3, -0.25) is 10.2 Å². The minimum atomic E-state index is -0.689. The van der Waals surface area contributed by atoms with Gasteiger partial charge < -0.3 is 25.8 Å². The predicted molar refractivity (Wildman–Crippen MR) is 151 cm³/mol. The van der Waals surface area contributed by atoms with Crippen LogP contribution < -0.4 is 25.8 Å². The highest BCUT2D eigenvalue weighted by Gasteiger charge is 2.22. The number of carbonyl (C=O) groups is 1. The lowest BCUT2D eigenvalue weighted by molar-refractivity contribution is -0.121. The van der Waals surface area contributed by atoms with Gasteiger partial charge in [0.25, 0.3) is 0 Å². The molecular formula is C31H32N4O3. The molecule has 0 saturated carbocycles. The van der Waals surface area contributed by atoms with Gasteiger partial charge in [0.05, 0.1) is 7.11 Å². The summed E-state index contributed by atoms with van der Waals surface area (Å²) in [6.45, 7) is 0.903. The number of hydrogen-bond acceptors (Lipinski definition) is 5. The molecule has 7 nitrogen and oxygen atoms in total. The van der Waals surface area contributed by atoms with E-state index in [0.717, 1.165) is 28.8 Å². The van der Waals surface area contributed by atoms with Crippen LogP contribution in [-0.4, -0.2) is 25.4 Å². The molecule has 0 unspecified atom stereocenters. The molecule has 1 atom stereocenters. The summed E-state index contributed by atoms with van der Waals surface area (Å²) in [5, 5.41) is 14.0. The molecule has 0 heterocycles. The lowest BCUT2D eigenvalue weighted by Crippen LogP contribution is -2.34. The van der Waals surface area contributed by atoms with Gasteiger partial charge in [-0.1, -0.05) is 66.7 Å². The van der Waals surface area contributed by atoms with Crippen LogP contribution in [0.25, 0.3) is 0 Å². The van der Waals surface area contributed by atoms with Crippen molar-refractivity contribution in [2.24, 2.45) is 5.73 Å². The molecule has 0 aromatic heterocycles. The second-order valence-corrected chi connectivity index (χ2v) is 8.78. The zero-order valence-corrected chi connectivity index (χ0v) is 21.3. The summed E-state index contributed by atoms with van der Waals surface area (Å²) in [5.41, 5.74) is 9.85. The van der Waals surface area contributed by atoms with E-state index < -0.39 is 6.04 Å². The zero-order valence-electron chi connectivity index (χ0n) is 21.3. The van der Waals surface area contributed by atoms with Crippen LogP contribution in [0.3, 0.4) is 0 Å². The molecule has 0 fully saturated rings. The Morgan fingerprint density at radius 3 is 2.16 bits per heavy atom. The van der Waals surface area contributed by atoms with Crippen molar-refractivity contribution in [1.82, 2.24) is 5.32 Å². The lowest BCUT2D eigenvalue weighted by atomic mass is 10.0. The van der Waals surface area contributed by atoms with Crippen molar-refractivity contribution in [2.45, 2.75) is 19.1 Å². The van der Waals surface area contributed by atoms with Crippen molar-refractivity contribution in [2.75, 3.05) is 19.0 Å². The fourth-order valence-electron chi connectivity index (χ4n) is 4.01. The Labute approximate surface area is 223 Å². The highest BCUT2D eigenvalue weighted by atomic mass is 16.5. The average Bonchev–Trinajstić information content (AvgIpc) is 2.96. The van der Waals surface area contributed by atoms with Gasteiger partial charge in [-0.05, 0) is 59.5 Å². The van der Waals surface area contributed by atoms with Crippen LogP contribution >= 0.6 is 0 Å². The van der Waals surface area contributed by atoms with Crippen molar-refractivity contribution in [3.05, 3.63) is 125 Å².